The lowest BCUT2D eigenvalue weighted by Crippen LogP contribution is -2.31. The lowest BCUT2D eigenvalue weighted by atomic mass is 10.1. The second-order valence-electron chi connectivity index (χ2n) is 6.58. The fourth-order valence-electron chi connectivity index (χ4n) is 2.95. The van der Waals surface area contributed by atoms with Gasteiger partial charge in [0.1, 0.15) is 5.82 Å². The van der Waals surface area contributed by atoms with Crippen LogP contribution in [0.2, 0.25) is 5.02 Å². The summed E-state index contributed by atoms with van der Waals surface area (Å²) in [5.41, 5.74) is 1.02. The Morgan fingerprint density at radius 2 is 1.93 bits per heavy atom. The van der Waals surface area contributed by atoms with Gasteiger partial charge in [0.05, 0.1) is 22.4 Å². The van der Waals surface area contributed by atoms with E-state index in [4.69, 9.17) is 11.6 Å². The van der Waals surface area contributed by atoms with Crippen molar-refractivity contribution in [3.63, 3.8) is 0 Å². The summed E-state index contributed by atoms with van der Waals surface area (Å²) in [4.78, 5) is 24.7. The molecule has 1 heterocycles. The molecule has 0 bridgehead atoms. The number of carbonyl (C=O) groups is 2. The van der Waals surface area contributed by atoms with Gasteiger partial charge in [0.2, 0.25) is 15.9 Å². The Balaban J connectivity index is 1.74. The van der Waals surface area contributed by atoms with Gasteiger partial charge in [-0.2, -0.15) is 0 Å². The number of halogens is 2. The molecule has 1 aliphatic rings. The normalized spacial score (nSPS) is 18.3. The van der Waals surface area contributed by atoms with Crippen LogP contribution in [0.1, 0.15) is 22.8 Å². The molecule has 2 aromatic carbocycles. The van der Waals surface area contributed by atoms with Crippen molar-refractivity contribution in [1.82, 2.24) is 5.32 Å². The van der Waals surface area contributed by atoms with Crippen LogP contribution >= 0.6 is 11.6 Å². The minimum absolute atomic E-state index is 0.0257. The predicted octanol–water partition coefficient (Wildman–Crippen LogP) is 2.76. The molecule has 6 nitrogen and oxygen atoms in total. The zero-order chi connectivity index (χ0) is 20.5. The van der Waals surface area contributed by atoms with E-state index < -0.39 is 27.8 Å². The number of anilines is 1. The van der Waals surface area contributed by atoms with Gasteiger partial charge in [0, 0.05) is 12.1 Å². The molecular weight excluding hydrogens is 407 g/mol. The minimum atomic E-state index is -3.82. The van der Waals surface area contributed by atoms with Crippen LogP contribution in [0.4, 0.5) is 10.1 Å². The molecule has 9 heteroatoms. The van der Waals surface area contributed by atoms with Crippen molar-refractivity contribution in [2.24, 2.45) is 5.92 Å². The molecule has 2 amide bonds. The fourth-order valence-corrected chi connectivity index (χ4v) is 5.03. The first-order valence-corrected chi connectivity index (χ1v) is 10.6. The highest BCUT2D eigenvalue weighted by Gasteiger charge is 2.42. The first-order valence-electron chi connectivity index (χ1n) is 8.58. The van der Waals surface area contributed by atoms with E-state index in [1.807, 2.05) is 0 Å². The molecule has 1 fully saturated rings. The van der Waals surface area contributed by atoms with Crippen LogP contribution in [0.15, 0.2) is 42.5 Å². The number of sulfonamides is 1. The average molecular weight is 425 g/mol. The lowest BCUT2D eigenvalue weighted by Gasteiger charge is -2.17. The first-order chi connectivity index (χ1) is 13.2. The van der Waals surface area contributed by atoms with Crippen LogP contribution in [-0.2, 0) is 21.2 Å². The SMILES string of the molecule is CC1CS(=O)(=O)N(c2cc(C(=O)NCCc3ccc(F)cc3)ccc2Cl)C1=O. The Kier molecular flexibility index (Phi) is 5.71. The van der Waals surface area contributed by atoms with Crippen LogP contribution in [0.3, 0.4) is 0 Å². The summed E-state index contributed by atoms with van der Waals surface area (Å²) in [6, 6.07) is 10.1. The van der Waals surface area contributed by atoms with Crippen molar-refractivity contribution in [1.29, 1.82) is 0 Å². The van der Waals surface area contributed by atoms with Gasteiger partial charge in [-0.25, -0.2) is 17.1 Å². The van der Waals surface area contributed by atoms with Gasteiger partial charge < -0.3 is 5.32 Å². The first kappa shape index (κ1) is 20.3. The van der Waals surface area contributed by atoms with E-state index in [0.717, 1.165) is 5.56 Å². The van der Waals surface area contributed by atoms with Gasteiger partial charge in [0.15, 0.2) is 0 Å². The smallest absolute Gasteiger partial charge is 0.251 e. The third kappa shape index (κ3) is 4.18. The van der Waals surface area contributed by atoms with E-state index in [9.17, 15) is 22.4 Å². The number of hydrogen-bond acceptors (Lipinski definition) is 4. The Hall–Kier alpha value is -2.45. The van der Waals surface area contributed by atoms with Gasteiger partial charge >= 0.3 is 0 Å². The molecule has 3 rings (SSSR count). The maximum absolute atomic E-state index is 12.9. The molecule has 1 aliphatic heterocycles. The monoisotopic (exact) mass is 424 g/mol. The number of nitrogens with zero attached hydrogens (tertiary/aromatic N) is 1. The van der Waals surface area contributed by atoms with Gasteiger partial charge in [-0.05, 0) is 42.3 Å². The molecule has 28 heavy (non-hydrogen) atoms. The van der Waals surface area contributed by atoms with Crippen LogP contribution in [0, 0.1) is 11.7 Å². The van der Waals surface area contributed by atoms with E-state index in [0.29, 0.717) is 17.3 Å². The summed E-state index contributed by atoms with van der Waals surface area (Å²) in [5.74, 6) is -2.31. The lowest BCUT2D eigenvalue weighted by molar-refractivity contribution is -0.119. The van der Waals surface area contributed by atoms with Crippen molar-refractivity contribution in [2.75, 3.05) is 16.6 Å². The summed E-state index contributed by atoms with van der Waals surface area (Å²) < 4.78 is 38.2. The second kappa shape index (κ2) is 7.89. The Morgan fingerprint density at radius 1 is 1.25 bits per heavy atom. The van der Waals surface area contributed by atoms with Gasteiger partial charge in [0.25, 0.3) is 5.91 Å². The predicted molar refractivity (Wildman–Crippen MR) is 104 cm³/mol. The third-order valence-electron chi connectivity index (χ3n) is 4.40. The quantitative estimate of drug-likeness (QED) is 0.800. The number of amides is 2. The highest BCUT2D eigenvalue weighted by molar-refractivity contribution is 7.94. The van der Waals surface area contributed by atoms with Crippen molar-refractivity contribution >= 4 is 39.1 Å². The highest BCUT2D eigenvalue weighted by atomic mass is 35.5. The molecule has 2 aromatic rings. The zero-order valence-corrected chi connectivity index (χ0v) is 16.6. The van der Waals surface area contributed by atoms with Crippen molar-refractivity contribution < 1.29 is 22.4 Å². The average Bonchev–Trinajstić information content (AvgIpc) is 2.84. The van der Waals surface area contributed by atoms with Crippen LogP contribution in [0.25, 0.3) is 0 Å². The summed E-state index contributed by atoms with van der Waals surface area (Å²) >= 11 is 6.10. The van der Waals surface area contributed by atoms with E-state index in [1.54, 1.807) is 12.1 Å². The number of nitrogens with one attached hydrogen (secondary N) is 1. The number of hydrogen-bond donors (Lipinski definition) is 1. The summed E-state index contributed by atoms with van der Waals surface area (Å²) in [5, 5.41) is 2.78. The summed E-state index contributed by atoms with van der Waals surface area (Å²) in [6.07, 6.45) is 0.503. The van der Waals surface area contributed by atoms with E-state index in [1.165, 1.54) is 37.3 Å². The van der Waals surface area contributed by atoms with Crippen molar-refractivity contribution in [3.8, 4) is 0 Å². The Bertz CT molecular complexity index is 1020. The summed E-state index contributed by atoms with van der Waals surface area (Å²) in [6.45, 7) is 1.83. The molecular formula is C19H18ClFN2O4S. The molecule has 0 aliphatic carbocycles. The molecule has 0 spiro atoms. The number of benzene rings is 2. The highest BCUT2D eigenvalue weighted by Crippen LogP contribution is 2.34. The maximum atomic E-state index is 12.9. The fraction of sp³-hybridized carbons (Fsp3) is 0.263. The van der Waals surface area contributed by atoms with E-state index >= 15 is 0 Å². The zero-order valence-electron chi connectivity index (χ0n) is 15.0. The van der Waals surface area contributed by atoms with Crippen LogP contribution in [0.5, 0.6) is 0 Å². The molecule has 0 radical (unpaired) electrons. The van der Waals surface area contributed by atoms with Crippen molar-refractivity contribution in [3.05, 3.63) is 64.4 Å². The molecule has 0 aromatic heterocycles. The third-order valence-corrected chi connectivity index (χ3v) is 6.57. The van der Waals surface area contributed by atoms with E-state index in [2.05, 4.69) is 5.32 Å². The molecule has 1 unspecified atom stereocenters. The Morgan fingerprint density at radius 3 is 2.54 bits per heavy atom. The molecule has 1 N–H and O–H groups in total. The number of carbonyl (C=O) groups excluding carboxylic acids is 2. The van der Waals surface area contributed by atoms with Gasteiger partial charge in [-0.3, -0.25) is 9.59 Å². The molecule has 1 saturated heterocycles. The van der Waals surface area contributed by atoms with E-state index in [-0.39, 0.29) is 27.8 Å². The molecule has 0 saturated carbocycles. The van der Waals surface area contributed by atoms with Gasteiger partial charge in [-0.15, -0.1) is 0 Å². The molecule has 148 valence electrons. The number of rotatable bonds is 5. The van der Waals surface area contributed by atoms with Crippen LogP contribution < -0.4 is 9.62 Å². The maximum Gasteiger partial charge on any atom is 0.251 e. The van der Waals surface area contributed by atoms with Crippen molar-refractivity contribution in [2.45, 2.75) is 13.3 Å². The standard InChI is InChI=1S/C19H18ClFN2O4S/c1-12-11-28(26,27)23(19(12)25)17-10-14(4-7-16(17)20)18(24)22-9-8-13-2-5-15(21)6-3-13/h2-7,10,12H,8-9,11H2,1H3,(H,22,24). The summed E-state index contributed by atoms with van der Waals surface area (Å²) in [7, 11) is -3.82. The Labute approximate surface area is 167 Å². The van der Waals surface area contributed by atoms with Crippen LogP contribution in [-0.4, -0.2) is 32.5 Å². The minimum Gasteiger partial charge on any atom is -0.352 e. The largest absolute Gasteiger partial charge is 0.352 e. The van der Waals surface area contributed by atoms with Gasteiger partial charge in [-0.1, -0.05) is 30.7 Å². The second-order valence-corrected chi connectivity index (χ2v) is 8.85. The molecule has 1 atom stereocenters. The topological polar surface area (TPSA) is 83.6 Å².